The van der Waals surface area contributed by atoms with Gasteiger partial charge in [-0.15, -0.1) is 13.2 Å². The Bertz CT molecular complexity index is 877. The molecule has 0 amide bonds. The first kappa shape index (κ1) is 20.5. The molecule has 3 heterocycles. The lowest BCUT2D eigenvalue weighted by Gasteiger charge is -2.40. The molecule has 0 aliphatic carbocycles. The van der Waals surface area contributed by atoms with Crippen LogP contribution in [0.15, 0.2) is 55.0 Å². The van der Waals surface area contributed by atoms with Crippen LogP contribution in [0.4, 0.5) is 24.7 Å². The van der Waals surface area contributed by atoms with Gasteiger partial charge in [0.1, 0.15) is 5.75 Å². The minimum Gasteiger partial charge on any atom is -0.406 e. The maximum absolute atomic E-state index is 12.3. The second-order valence-corrected chi connectivity index (χ2v) is 7.54. The van der Waals surface area contributed by atoms with Crippen molar-refractivity contribution in [2.75, 3.05) is 29.4 Å². The third-order valence-corrected chi connectivity index (χ3v) is 5.58. The predicted octanol–water partition coefficient (Wildman–Crippen LogP) is 4.76. The zero-order valence-electron chi connectivity index (χ0n) is 16.8. The Morgan fingerprint density at radius 1 is 1.07 bits per heavy atom. The Morgan fingerprint density at radius 3 is 2.47 bits per heavy atom. The molecular formula is C22H25F3N4O. The van der Waals surface area contributed by atoms with Crippen molar-refractivity contribution in [1.82, 2.24) is 9.88 Å². The number of hydrogen-bond acceptors (Lipinski definition) is 5. The smallest absolute Gasteiger partial charge is 0.406 e. The summed E-state index contributed by atoms with van der Waals surface area (Å²) in [4.78, 5) is 11.4. The summed E-state index contributed by atoms with van der Waals surface area (Å²) < 4.78 is 40.8. The molecule has 0 spiro atoms. The van der Waals surface area contributed by atoms with Crippen LogP contribution >= 0.6 is 0 Å². The van der Waals surface area contributed by atoms with Crippen LogP contribution in [0, 0.1) is 0 Å². The topological polar surface area (TPSA) is 31.8 Å². The molecule has 0 atom stereocenters. The number of halogens is 3. The van der Waals surface area contributed by atoms with Crippen molar-refractivity contribution in [2.24, 2.45) is 0 Å². The molecule has 160 valence electrons. The van der Waals surface area contributed by atoms with Crippen LogP contribution in [0.25, 0.3) is 0 Å². The minimum absolute atomic E-state index is 0.186. The average molecular weight is 418 g/mol. The van der Waals surface area contributed by atoms with E-state index >= 15 is 0 Å². The lowest BCUT2D eigenvalue weighted by atomic mass is 10.0. The van der Waals surface area contributed by atoms with Gasteiger partial charge in [0.2, 0.25) is 0 Å². The van der Waals surface area contributed by atoms with Crippen molar-refractivity contribution < 1.29 is 17.9 Å². The first-order valence-electron chi connectivity index (χ1n) is 10.2. The summed E-state index contributed by atoms with van der Waals surface area (Å²) >= 11 is 0. The number of aromatic nitrogens is 1. The van der Waals surface area contributed by atoms with Crippen molar-refractivity contribution in [3.63, 3.8) is 0 Å². The molecule has 1 aromatic carbocycles. The molecule has 1 saturated heterocycles. The van der Waals surface area contributed by atoms with Crippen LogP contribution in [0.2, 0.25) is 0 Å². The van der Waals surface area contributed by atoms with Crippen LogP contribution in [0.1, 0.15) is 25.3 Å². The maximum atomic E-state index is 12.3. The van der Waals surface area contributed by atoms with E-state index in [2.05, 4.69) is 49.8 Å². The van der Waals surface area contributed by atoms with Crippen LogP contribution in [0.5, 0.6) is 5.75 Å². The van der Waals surface area contributed by atoms with E-state index < -0.39 is 6.36 Å². The number of nitrogens with zero attached hydrogens (tertiary/aromatic N) is 4. The first-order chi connectivity index (χ1) is 14.4. The largest absolute Gasteiger partial charge is 0.573 e. The zero-order chi connectivity index (χ0) is 21.1. The van der Waals surface area contributed by atoms with Crippen molar-refractivity contribution >= 4 is 11.5 Å². The van der Waals surface area contributed by atoms with E-state index in [0.29, 0.717) is 12.6 Å². The number of anilines is 2. The lowest BCUT2D eigenvalue weighted by Crippen LogP contribution is -2.44. The predicted molar refractivity (Wildman–Crippen MR) is 110 cm³/mol. The molecule has 5 nitrogen and oxygen atoms in total. The molecule has 0 radical (unpaired) electrons. The van der Waals surface area contributed by atoms with E-state index in [1.54, 1.807) is 12.1 Å². The van der Waals surface area contributed by atoms with Crippen molar-refractivity contribution in [2.45, 2.75) is 38.7 Å². The number of likely N-dealkylation sites (tertiary alicyclic amines) is 1. The number of pyridine rings is 1. The molecule has 1 fully saturated rings. The van der Waals surface area contributed by atoms with Crippen molar-refractivity contribution in [3.8, 4) is 5.75 Å². The highest BCUT2D eigenvalue weighted by Crippen LogP contribution is 2.34. The van der Waals surface area contributed by atoms with E-state index in [9.17, 15) is 13.2 Å². The quantitative estimate of drug-likeness (QED) is 0.699. The van der Waals surface area contributed by atoms with Gasteiger partial charge in [-0.05, 0) is 49.6 Å². The first-order valence-corrected chi connectivity index (χ1v) is 10.2. The summed E-state index contributed by atoms with van der Waals surface area (Å²) in [5.41, 5.74) is 2.11. The number of ether oxygens (including phenoxy) is 1. The summed E-state index contributed by atoms with van der Waals surface area (Å²) in [7, 11) is 0. The number of rotatable bonds is 5. The number of piperidine rings is 1. The van der Waals surface area contributed by atoms with E-state index in [1.165, 1.54) is 12.1 Å². The molecule has 2 aliphatic heterocycles. The molecule has 0 N–H and O–H groups in total. The normalized spacial score (nSPS) is 17.9. The highest BCUT2D eigenvalue weighted by atomic mass is 19.4. The fourth-order valence-corrected chi connectivity index (χ4v) is 4.10. The van der Waals surface area contributed by atoms with Gasteiger partial charge in [0, 0.05) is 50.8 Å². The molecule has 0 saturated carbocycles. The van der Waals surface area contributed by atoms with E-state index in [1.807, 2.05) is 12.3 Å². The van der Waals surface area contributed by atoms with Gasteiger partial charge in [0.25, 0.3) is 0 Å². The van der Waals surface area contributed by atoms with E-state index in [0.717, 1.165) is 49.5 Å². The molecule has 30 heavy (non-hydrogen) atoms. The molecule has 0 unspecified atom stereocenters. The van der Waals surface area contributed by atoms with E-state index in [-0.39, 0.29) is 5.75 Å². The third kappa shape index (κ3) is 4.70. The van der Waals surface area contributed by atoms with Crippen LogP contribution in [0.3, 0.4) is 0 Å². The summed E-state index contributed by atoms with van der Waals surface area (Å²) in [5.74, 6) is 0.815. The van der Waals surface area contributed by atoms with Crippen molar-refractivity contribution in [3.05, 3.63) is 60.6 Å². The summed E-state index contributed by atoms with van der Waals surface area (Å²) in [5, 5.41) is 0. The summed E-state index contributed by atoms with van der Waals surface area (Å²) in [6, 6.07) is 10.6. The lowest BCUT2D eigenvalue weighted by molar-refractivity contribution is -0.274. The van der Waals surface area contributed by atoms with Gasteiger partial charge in [-0.2, -0.15) is 0 Å². The molecule has 8 heteroatoms. The molecule has 1 aromatic heterocycles. The fourth-order valence-electron chi connectivity index (χ4n) is 4.10. The Hall–Kier alpha value is -2.74. The van der Waals surface area contributed by atoms with Crippen molar-refractivity contribution in [1.29, 1.82) is 0 Å². The van der Waals surface area contributed by atoms with Gasteiger partial charge in [-0.25, -0.2) is 4.98 Å². The van der Waals surface area contributed by atoms with E-state index in [4.69, 9.17) is 0 Å². The molecule has 4 rings (SSSR count). The second kappa shape index (κ2) is 8.55. The summed E-state index contributed by atoms with van der Waals surface area (Å²) in [6.07, 6.45) is 3.41. The number of hydrogen-bond donors (Lipinski definition) is 0. The SMILES string of the molecule is CCN1C=CN(C2CCN(Cc3ccc(OC(F)(F)F)cc3)CC2)c2ncccc21. The highest BCUT2D eigenvalue weighted by molar-refractivity contribution is 5.72. The zero-order valence-corrected chi connectivity index (χ0v) is 16.8. The van der Waals surface area contributed by atoms with Crippen LogP contribution in [-0.2, 0) is 6.54 Å². The molecule has 2 aromatic rings. The standard InChI is InChI=1S/C22H25F3N4O/c1-2-28-14-15-29(21-20(28)4-3-11-26-21)18-9-12-27(13-10-18)16-17-5-7-19(8-6-17)30-22(23,24)25/h3-8,11,14-15,18H,2,9-10,12-13,16H2,1H3. The second-order valence-electron chi connectivity index (χ2n) is 7.54. The monoisotopic (exact) mass is 418 g/mol. The van der Waals surface area contributed by atoms with Gasteiger partial charge >= 0.3 is 6.36 Å². The molecular weight excluding hydrogens is 393 g/mol. The van der Waals surface area contributed by atoms with Crippen LogP contribution in [-0.4, -0.2) is 41.9 Å². The summed E-state index contributed by atoms with van der Waals surface area (Å²) in [6.45, 7) is 5.59. The maximum Gasteiger partial charge on any atom is 0.573 e. The van der Waals surface area contributed by atoms with Gasteiger partial charge < -0.3 is 14.5 Å². The number of benzene rings is 1. The van der Waals surface area contributed by atoms with Gasteiger partial charge in [-0.1, -0.05) is 12.1 Å². The number of alkyl halides is 3. The van der Waals surface area contributed by atoms with Crippen LogP contribution < -0.4 is 14.5 Å². The molecule has 0 bridgehead atoms. The average Bonchev–Trinajstić information content (AvgIpc) is 2.74. The Kier molecular flexibility index (Phi) is 5.85. The van der Waals surface area contributed by atoms with Gasteiger partial charge in [0.05, 0.1) is 5.69 Å². The van der Waals surface area contributed by atoms with Gasteiger partial charge in [0.15, 0.2) is 5.82 Å². The Morgan fingerprint density at radius 2 is 1.80 bits per heavy atom. The Labute approximate surface area is 174 Å². The highest BCUT2D eigenvalue weighted by Gasteiger charge is 2.31. The van der Waals surface area contributed by atoms with Gasteiger partial charge in [-0.3, -0.25) is 4.90 Å². The fraction of sp³-hybridized carbons (Fsp3) is 0.409. The third-order valence-electron chi connectivity index (χ3n) is 5.58. The minimum atomic E-state index is -4.66. The number of fused-ring (bicyclic) bond motifs is 1. The molecule has 2 aliphatic rings. The Balaban J connectivity index is 1.34.